The molecule has 34 heavy (non-hydrogen) atoms. The molecule has 1 aliphatic heterocycles. The minimum absolute atomic E-state index is 0.0628. The van der Waals surface area contributed by atoms with Gasteiger partial charge in [0.1, 0.15) is 24.6 Å². The van der Waals surface area contributed by atoms with Crippen LogP contribution in [0.4, 0.5) is 4.79 Å². The molecule has 1 saturated heterocycles. The third-order valence-electron chi connectivity index (χ3n) is 6.08. The molecule has 178 valence electrons. The van der Waals surface area contributed by atoms with Crippen LogP contribution >= 0.6 is 0 Å². The van der Waals surface area contributed by atoms with Crippen LogP contribution in [0.2, 0.25) is 0 Å². The summed E-state index contributed by atoms with van der Waals surface area (Å²) < 4.78 is 10.5. The summed E-state index contributed by atoms with van der Waals surface area (Å²) in [6.07, 6.45) is -0.829. The maximum atomic E-state index is 12.7. The number of hydrogen-bond acceptors (Lipinski definition) is 6. The molecule has 2 aromatic rings. The smallest absolute Gasteiger partial charge is 0.407 e. The van der Waals surface area contributed by atoms with Crippen molar-refractivity contribution in [2.45, 2.75) is 18.0 Å². The predicted molar refractivity (Wildman–Crippen MR) is 120 cm³/mol. The monoisotopic (exact) mass is 467 g/mol. The molecule has 0 spiro atoms. The number of carbonyl (C=O) groups excluding carboxylic acids is 3. The van der Waals surface area contributed by atoms with Crippen LogP contribution in [-0.4, -0.2) is 67.9 Å². The van der Waals surface area contributed by atoms with Crippen molar-refractivity contribution >= 4 is 23.9 Å². The third kappa shape index (κ3) is 4.58. The number of alkyl carbamates (subject to hydrolysis) is 1. The number of hydrogen-bond donors (Lipinski definition) is 4. The zero-order valence-corrected chi connectivity index (χ0v) is 18.4. The quantitative estimate of drug-likeness (QED) is 0.451. The second kappa shape index (κ2) is 9.92. The maximum Gasteiger partial charge on any atom is 0.407 e. The maximum absolute atomic E-state index is 12.7. The lowest BCUT2D eigenvalue weighted by molar-refractivity contribution is -0.143. The lowest BCUT2D eigenvalue weighted by atomic mass is 9.98. The fraction of sp³-hybridized carbons (Fsp3) is 0.333. The van der Waals surface area contributed by atoms with Crippen molar-refractivity contribution in [1.29, 1.82) is 0 Å². The number of methoxy groups -OCH3 is 1. The van der Waals surface area contributed by atoms with Gasteiger partial charge in [-0.05, 0) is 22.3 Å². The summed E-state index contributed by atoms with van der Waals surface area (Å²) in [6, 6.07) is 13.4. The lowest BCUT2D eigenvalue weighted by Gasteiger charge is -2.21. The SMILES string of the molecule is COCC(NC(=O)OCC1c2ccccc2-c2ccccc21)C(=O)NC1C(=O)NCC1C(=O)O. The summed E-state index contributed by atoms with van der Waals surface area (Å²) in [5, 5.41) is 16.5. The van der Waals surface area contributed by atoms with Crippen LogP contribution in [0.15, 0.2) is 48.5 Å². The fourth-order valence-electron chi connectivity index (χ4n) is 4.40. The topological polar surface area (TPSA) is 143 Å². The number of carbonyl (C=O) groups is 4. The van der Waals surface area contributed by atoms with Crippen molar-refractivity contribution in [1.82, 2.24) is 16.0 Å². The van der Waals surface area contributed by atoms with E-state index in [1.54, 1.807) is 0 Å². The molecule has 1 aliphatic carbocycles. The number of ether oxygens (including phenoxy) is 2. The number of carboxylic acid groups (broad SMARTS) is 1. The normalized spacial score (nSPS) is 19.5. The van der Waals surface area contributed by atoms with Crippen molar-refractivity contribution in [3.63, 3.8) is 0 Å². The van der Waals surface area contributed by atoms with Crippen LogP contribution in [-0.2, 0) is 23.9 Å². The number of amides is 3. The zero-order chi connectivity index (χ0) is 24.2. The average molecular weight is 467 g/mol. The summed E-state index contributed by atoms with van der Waals surface area (Å²) in [6.45, 7) is -0.219. The summed E-state index contributed by atoms with van der Waals surface area (Å²) in [5.41, 5.74) is 4.28. The van der Waals surface area contributed by atoms with Crippen molar-refractivity contribution < 1.29 is 33.8 Å². The molecule has 4 rings (SSSR count). The third-order valence-corrected chi connectivity index (χ3v) is 6.08. The van der Waals surface area contributed by atoms with Gasteiger partial charge in [0, 0.05) is 19.6 Å². The fourth-order valence-corrected chi connectivity index (χ4v) is 4.40. The molecule has 0 bridgehead atoms. The van der Waals surface area contributed by atoms with E-state index in [1.165, 1.54) is 7.11 Å². The van der Waals surface area contributed by atoms with E-state index in [0.29, 0.717) is 0 Å². The highest BCUT2D eigenvalue weighted by Crippen LogP contribution is 2.44. The Morgan fingerprint density at radius 1 is 1.09 bits per heavy atom. The number of benzene rings is 2. The average Bonchev–Trinajstić information content (AvgIpc) is 3.35. The minimum atomic E-state index is -1.24. The lowest BCUT2D eigenvalue weighted by Crippen LogP contribution is -2.55. The molecule has 2 aromatic carbocycles. The Morgan fingerprint density at radius 3 is 2.29 bits per heavy atom. The largest absolute Gasteiger partial charge is 0.481 e. The van der Waals surface area contributed by atoms with Gasteiger partial charge in [-0.3, -0.25) is 14.4 Å². The van der Waals surface area contributed by atoms with Crippen LogP contribution < -0.4 is 16.0 Å². The van der Waals surface area contributed by atoms with E-state index in [-0.39, 0.29) is 25.7 Å². The van der Waals surface area contributed by atoms with Gasteiger partial charge in [0.15, 0.2) is 0 Å². The molecule has 3 amide bonds. The van der Waals surface area contributed by atoms with Gasteiger partial charge < -0.3 is 30.5 Å². The van der Waals surface area contributed by atoms with Crippen LogP contribution in [0.25, 0.3) is 11.1 Å². The Bertz CT molecular complexity index is 1070. The Labute approximate surface area is 195 Å². The molecule has 4 N–H and O–H groups in total. The summed E-state index contributed by atoms with van der Waals surface area (Å²) in [7, 11) is 1.35. The number of aliphatic carboxylic acids is 1. The molecule has 10 nitrogen and oxygen atoms in total. The van der Waals surface area contributed by atoms with Crippen molar-refractivity contribution in [2.24, 2.45) is 5.92 Å². The van der Waals surface area contributed by atoms with Crippen LogP contribution in [0.5, 0.6) is 0 Å². The van der Waals surface area contributed by atoms with Gasteiger partial charge in [-0.15, -0.1) is 0 Å². The Balaban J connectivity index is 1.39. The molecule has 1 fully saturated rings. The molecule has 3 atom stereocenters. The van der Waals surface area contributed by atoms with Crippen molar-refractivity contribution in [3.05, 3.63) is 59.7 Å². The van der Waals surface area contributed by atoms with Crippen molar-refractivity contribution in [3.8, 4) is 11.1 Å². The number of rotatable bonds is 8. The van der Waals surface area contributed by atoms with E-state index in [1.807, 2.05) is 48.5 Å². The molecule has 0 saturated carbocycles. The van der Waals surface area contributed by atoms with Gasteiger partial charge in [-0.2, -0.15) is 0 Å². The summed E-state index contributed by atoms with van der Waals surface area (Å²) in [5.74, 6) is -3.81. The number of fused-ring (bicyclic) bond motifs is 3. The first-order valence-electron chi connectivity index (χ1n) is 10.8. The number of nitrogens with one attached hydrogen (secondary N) is 3. The minimum Gasteiger partial charge on any atom is -0.481 e. The van der Waals surface area contributed by atoms with E-state index >= 15 is 0 Å². The second-order valence-electron chi connectivity index (χ2n) is 8.15. The molecule has 10 heteroatoms. The molecule has 3 unspecified atom stereocenters. The predicted octanol–water partition coefficient (Wildman–Crippen LogP) is 0.856. The molecule has 0 aromatic heterocycles. The Hall–Kier alpha value is -3.92. The molecule has 0 radical (unpaired) electrons. The van der Waals surface area contributed by atoms with E-state index in [2.05, 4.69) is 16.0 Å². The molecular weight excluding hydrogens is 442 g/mol. The van der Waals surface area contributed by atoms with E-state index in [0.717, 1.165) is 22.3 Å². The molecule has 2 aliphatic rings. The van der Waals surface area contributed by atoms with E-state index < -0.39 is 41.9 Å². The first-order valence-corrected chi connectivity index (χ1v) is 10.8. The van der Waals surface area contributed by atoms with Crippen LogP contribution in [0.1, 0.15) is 17.0 Å². The highest BCUT2D eigenvalue weighted by molar-refractivity contribution is 5.96. The standard InChI is InChI=1S/C24H25N3O7/c1-33-12-19(21(28)27-20-17(23(30)31)10-25-22(20)29)26-24(32)34-11-18-15-8-4-2-6-13(15)14-7-3-5-9-16(14)18/h2-9,17-20H,10-12H2,1H3,(H,25,29)(H,26,32)(H,27,28)(H,30,31). The van der Waals surface area contributed by atoms with Gasteiger partial charge >= 0.3 is 12.1 Å². The van der Waals surface area contributed by atoms with Crippen LogP contribution in [0, 0.1) is 5.92 Å². The van der Waals surface area contributed by atoms with Gasteiger partial charge in [0.2, 0.25) is 11.8 Å². The first kappa shape index (κ1) is 23.2. The van der Waals surface area contributed by atoms with Gasteiger partial charge in [-0.25, -0.2) is 4.79 Å². The molecular formula is C24H25N3O7. The van der Waals surface area contributed by atoms with E-state index in [9.17, 15) is 24.3 Å². The highest BCUT2D eigenvalue weighted by Gasteiger charge is 2.41. The first-order chi connectivity index (χ1) is 16.4. The van der Waals surface area contributed by atoms with Gasteiger partial charge in [0.05, 0.1) is 6.61 Å². The summed E-state index contributed by atoms with van der Waals surface area (Å²) in [4.78, 5) is 48.5. The zero-order valence-electron chi connectivity index (χ0n) is 18.4. The Kier molecular flexibility index (Phi) is 6.78. The van der Waals surface area contributed by atoms with Crippen LogP contribution in [0.3, 0.4) is 0 Å². The molecule has 1 heterocycles. The van der Waals surface area contributed by atoms with Gasteiger partial charge in [-0.1, -0.05) is 48.5 Å². The second-order valence-corrected chi connectivity index (χ2v) is 8.15. The highest BCUT2D eigenvalue weighted by atomic mass is 16.5. The van der Waals surface area contributed by atoms with E-state index in [4.69, 9.17) is 9.47 Å². The summed E-state index contributed by atoms with van der Waals surface area (Å²) >= 11 is 0. The Morgan fingerprint density at radius 2 is 1.71 bits per heavy atom. The van der Waals surface area contributed by atoms with Gasteiger partial charge in [0.25, 0.3) is 0 Å². The van der Waals surface area contributed by atoms with Crippen molar-refractivity contribution in [2.75, 3.05) is 26.9 Å². The number of carboxylic acids is 1.